The van der Waals surface area contributed by atoms with Gasteiger partial charge in [0.25, 0.3) is 0 Å². The van der Waals surface area contributed by atoms with Gasteiger partial charge in [0.05, 0.1) is 17.1 Å². The van der Waals surface area contributed by atoms with Crippen LogP contribution in [0.5, 0.6) is 5.75 Å². The Morgan fingerprint density at radius 1 is 1.22 bits per heavy atom. The molecule has 1 aliphatic rings. The molecule has 2 aromatic carbocycles. The molecule has 0 saturated carbocycles. The predicted molar refractivity (Wildman–Crippen MR) is 107 cm³/mol. The molecular weight excluding hydrogens is 362 g/mol. The Morgan fingerprint density at radius 3 is 2.70 bits per heavy atom. The van der Waals surface area contributed by atoms with Gasteiger partial charge in [-0.2, -0.15) is 0 Å². The predicted octanol–water partition coefficient (Wildman–Crippen LogP) is 4.43. The average molecular weight is 386 g/mol. The minimum atomic E-state index is -0.454. The van der Waals surface area contributed by atoms with Crippen LogP contribution in [0.15, 0.2) is 36.4 Å². The van der Waals surface area contributed by atoms with E-state index >= 15 is 0 Å². The molecule has 142 valence electrons. The van der Waals surface area contributed by atoms with Crippen molar-refractivity contribution < 1.29 is 9.84 Å². The number of aryl methyl sites for hydroxylation is 1. The second kappa shape index (κ2) is 7.50. The lowest BCUT2D eigenvalue weighted by atomic mass is 10.0. The Kier molecular flexibility index (Phi) is 5.08. The van der Waals surface area contributed by atoms with Crippen LogP contribution in [0.3, 0.4) is 0 Å². The van der Waals surface area contributed by atoms with E-state index in [1.165, 1.54) is 0 Å². The lowest BCUT2D eigenvalue weighted by Crippen LogP contribution is -2.35. The van der Waals surface area contributed by atoms with Gasteiger partial charge in [0, 0.05) is 23.7 Å². The van der Waals surface area contributed by atoms with Gasteiger partial charge in [0.15, 0.2) is 0 Å². The first-order valence-corrected chi connectivity index (χ1v) is 9.67. The number of nitrogens with zero attached hydrogens (tertiary/aromatic N) is 2. The molecule has 0 unspecified atom stereocenters. The van der Waals surface area contributed by atoms with Gasteiger partial charge in [-0.1, -0.05) is 29.8 Å². The molecule has 2 N–H and O–H groups in total. The monoisotopic (exact) mass is 385 g/mol. The molecule has 1 aliphatic heterocycles. The zero-order valence-electron chi connectivity index (χ0n) is 15.6. The third kappa shape index (κ3) is 3.68. The molecule has 0 spiro atoms. The van der Waals surface area contributed by atoms with Crippen LogP contribution < -0.4 is 0 Å². The van der Waals surface area contributed by atoms with Crippen LogP contribution >= 0.6 is 11.6 Å². The molecule has 4 rings (SSSR count). The normalized spacial score (nSPS) is 17.4. The van der Waals surface area contributed by atoms with Crippen LogP contribution in [0.2, 0.25) is 5.02 Å². The van der Waals surface area contributed by atoms with Crippen LogP contribution in [0.4, 0.5) is 0 Å². The number of hydrogen-bond acceptors (Lipinski definition) is 4. The maximum Gasteiger partial charge on any atom is 0.144 e. The molecule has 1 atom stereocenters. The first-order chi connectivity index (χ1) is 13.0. The number of piperidine rings is 1. The number of ether oxygens (including phenoxy) is 1. The van der Waals surface area contributed by atoms with Crippen LogP contribution in [-0.4, -0.2) is 46.2 Å². The minimum absolute atomic E-state index is 0.128. The van der Waals surface area contributed by atoms with E-state index in [0.717, 1.165) is 48.1 Å². The van der Waals surface area contributed by atoms with Crippen molar-refractivity contribution in [2.24, 2.45) is 0 Å². The maximum atomic E-state index is 10.4. The number of aromatic amines is 1. The number of rotatable bonds is 4. The zero-order chi connectivity index (χ0) is 19.0. The van der Waals surface area contributed by atoms with Gasteiger partial charge in [-0.15, -0.1) is 0 Å². The largest absolute Gasteiger partial charge is 0.508 e. The van der Waals surface area contributed by atoms with E-state index in [2.05, 4.69) is 16.9 Å². The van der Waals surface area contributed by atoms with Crippen LogP contribution in [0.25, 0.3) is 11.0 Å². The van der Waals surface area contributed by atoms with Crippen LogP contribution in [0.1, 0.15) is 35.9 Å². The number of phenols is 1. The Labute approximate surface area is 163 Å². The molecule has 6 heteroatoms. The van der Waals surface area contributed by atoms with Gasteiger partial charge >= 0.3 is 0 Å². The Balaban J connectivity index is 1.73. The highest BCUT2D eigenvalue weighted by Gasteiger charge is 2.27. The SMILES string of the molecule is Cc1c(Cl)ccc2[nH]c([C@H](OC3CCN(C)CC3)c3ccccc3O)nc12. The molecule has 3 aromatic rings. The van der Waals surface area contributed by atoms with E-state index in [4.69, 9.17) is 21.3 Å². The third-order valence-corrected chi connectivity index (χ3v) is 5.73. The minimum Gasteiger partial charge on any atom is -0.508 e. The number of para-hydroxylation sites is 1. The Hall–Kier alpha value is -2.08. The number of imidazole rings is 1. The Morgan fingerprint density at radius 2 is 1.96 bits per heavy atom. The van der Waals surface area contributed by atoms with E-state index in [-0.39, 0.29) is 11.9 Å². The molecule has 1 fully saturated rings. The topological polar surface area (TPSA) is 61.4 Å². The second-order valence-electron chi connectivity index (χ2n) is 7.27. The third-order valence-electron chi connectivity index (χ3n) is 5.32. The van der Waals surface area contributed by atoms with E-state index < -0.39 is 6.10 Å². The van der Waals surface area contributed by atoms with Crippen molar-refractivity contribution in [1.29, 1.82) is 0 Å². The lowest BCUT2D eigenvalue weighted by molar-refractivity contribution is -0.0271. The Bertz CT molecular complexity index is 948. The number of nitrogens with one attached hydrogen (secondary N) is 1. The van der Waals surface area contributed by atoms with Crippen molar-refractivity contribution in [2.75, 3.05) is 20.1 Å². The fraction of sp³-hybridized carbons (Fsp3) is 0.381. The standard InChI is InChI=1S/C21H24ClN3O2/c1-13-16(22)7-8-17-19(13)24-21(23-17)20(15-5-3-4-6-18(15)26)27-14-9-11-25(2)12-10-14/h3-8,14,20,26H,9-12H2,1-2H3,(H,23,24)/t20-/m1/s1. The van der Waals surface area contributed by atoms with Gasteiger partial charge in [-0.3, -0.25) is 0 Å². The summed E-state index contributed by atoms with van der Waals surface area (Å²) in [5, 5.41) is 11.1. The summed E-state index contributed by atoms with van der Waals surface area (Å²) in [4.78, 5) is 10.5. The van der Waals surface area contributed by atoms with E-state index in [9.17, 15) is 5.11 Å². The molecule has 0 amide bonds. The van der Waals surface area contributed by atoms with Crippen molar-refractivity contribution in [3.8, 4) is 5.75 Å². The van der Waals surface area contributed by atoms with Gasteiger partial charge in [0.2, 0.25) is 0 Å². The summed E-state index contributed by atoms with van der Waals surface area (Å²) >= 11 is 6.26. The van der Waals surface area contributed by atoms with Crippen molar-refractivity contribution in [3.05, 3.63) is 58.4 Å². The smallest absolute Gasteiger partial charge is 0.144 e. The summed E-state index contributed by atoms with van der Waals surface area (Å²) in [5.74, 6) is 0.904. The molecular formula is C21H24ClN3O2. The van der Waals surface area contributed by atoms with E-state index in [0.29, 0.717) is 10.8 Å². The number of hydrogen-bond donors (Lipinski definition) is 2. The highest BCUT2D eigenvalue weighted by molar-refractivity contribution is 6.32. The molecule has 2 heterocycles. The number of benzene rings is 2. The summed E-state index contributed by atoms with van der Waals surface area (Å²) in [5.41, 5.74) is 3.41. The van der Waals surface area contributed by atoms with Gasteiger partial charge in [-0.25, -0.2) is 4.98 Å². The highest BCUT2D eigenvalue weighted by atomic mass is 35.5. The van der Waals surface area contributed by atoms with Gasteiger partial charge in [-0.05, 0) is 50.6 Å². The summed E-state index contributed by atoms with van der Waals surface area (Å²) < 4.78 is 6.48. The van der Waals surface area contributed by atoms with Crippen molar-refractivity contribution in [2.45, 2.75) is 32.0 Å². The maximum absolute atomic E-state index is 10.4. The van der Waals surface area contributed by atoms with E-state index in [1.807, 2.05) is 37.3 Å². The number of H-pyrrole nitrogens is 1. The number of halogens is 1. The van der Waals surface area contributed by atoms with Gasteiger partial charge in [0.1, 0.15) is 17.7 Å². The van der Waals surface area contributed by atoms with Crippen LogP contribution in [0, 0.1) is 6.92 Å². The summed E-state index contributed by atoms with van der Waals surface area (Å²) in [6.45, 7) is 3.97. The lowest BCUT2D eigenvalue weighted by Gasteiger charge is -2.31. The molecule has 27 heavy (non-hydrogen) atoms. The van der Waals surface area contributed by atoms with Gasteiger partial charge < -0.3 is 19.7 Å². The molecule has 1 aromatic heterocycles. The molecule has 0 radical (unpaired) electrons. The number of aromatic hydroxyl groups is 1. The fourth-order valence-electron chi connectivity index (χ4n) is 3.64. The van der Waals surface area contributed by atoms with E-state index in [1.54, 1.807) is 6.07 Å². The number of fused-ring (bicyclic) bond motifs is 1. The highest BCUT2D eigenvalue weighted by Crippen LogP contribution is 2.35. The van der Waals surface area contributed by atoms with Crippen molar-refractivity contribution in [1.82, 2.24) is 14.9 Å². The molecule has 5 nitrogen and oxygen atoms in total. The molecule has 1 saturated heterocycles. The number of aromatic nitrogens is 2. The zero-order valence-corrected chi connectivity index (χ0v) is 16.3. The summed E-state index contributed by atoms with van der Waals surface area (Å²) in [7, 11) is 2.13. The first-order valence-electron chi connectivity index (χ1n) is 9.29. The van der Waals surface area contributed by atoms with Crippen LogP contribution in [-0.2, 0) is 4.74 Å². The molecule has 0 aliphatic carbocycles. The first kappa shape index (κ1) is 18.3. The number of phenolic OH excluding ortho intramolecular Hbond substituents is 1. The van der Waals surface area contributed by atoms with Crippen molar-refractivity contribution >= 4 is 22.6 Å². The number of likely N-dealkylation sites (tertiary alicyclic amines) is 1. The summed E-state index contributed by atoms with van der Waals surface area (Å²) in [6, 6.07) is 11.1. The van der Waals surface area contributed by atoms with Crippen molar-refractivity contribution in [3.63, 3.8) is 0 Å². The average Bonchev–Trinajstić information content (AvgIpc) is 3.10. The molecule has 0 bridgehead atoms. The summed E-state index contributed by atoms with van der Waals surface area (Å²) in [6.07, 6.45) is 1.60. The fourth-order valence-corrected chi connectivity index (χ4v) is 3.79. The quantitative estimate of drug-likeness (QED) is 0.697. The second-order valence-corrected chi connectivity index (χ2v) is 7.68.